The van der Waals surface area contributed by atoms with Crippen LogP contribution < -0.4 is 15.5 Å². The van der Waals surface area contributed by atoms with Gasteiger partial charge in [-0.15, -0.1) is 0 Å². The summed E-state index contributed by atoms with van der Waals surface area (Å²) in [5.41, 5.74) is 0.314. The second-order valence-corrected chi connectivity index (χ2v) is 6.34. The predicted octanol–water partition coefficient (Wildman–Crippen LogP) is 2.39. The lowest BCUT2D eigenvalue weighted by atomic mass is 10.1. The van der Waals surface area contributed by atoms with E-state index in [1.165, 1.54) is 11.3 Å². The maximum atomic E-state index is 10.8. The number of carboxylic acid groups (broad SMARTS) is 1. The van der Waals surface area contributed by atoms with E-state index in [0.717, 1.165) is 19.4 Å². The lowest BCUT2D eigenvalue weighted by Crippen LogP contribution is -2.47. The van der Waals surface area contributed by atoms with E-state index in [2.05, 4.69) is 26.7 Å². The number of anilines is 3. The van der Waals surface area contributed by atoms with Gasteiger partial charge in [0.15, 0.2) is 10.8 Å². The van der Waals surface area contributed by atoms with Crippen molar-refractivity contribution in [1.82, 2.24) is 15.3 Å². The van der Waals surface area contributed by atoms with Gasteiger partial charge >= 0.3 is 6.09 Å². The molecule has 1 aliphatic heterocycles. The first kappa shape index (κ1) is 16.0. The molecular weight excluding hydrogens is 328 g/mol. The van der Waals surface area contributed by atoms with Crippen LogP contribution >= 0.6 is 11.3 Å². The summed E-state index contributed by atoms with van der Waals surface area (Å²) in [7, 11) is 0. The third kappa shape index (κ3) is 3.72. The lowest BCUT2D eigenvalue weighted by Gasteiger charge is -2.32. The zero-order valence-electron chi connectivity index (χ0n) is 12.8. The minimum Gasteiger partial charge on any atom is -0.465 e. The van der Waals surface area contributed by atoms with E-state index in [0.29, 0.717) is 28.2 Å². The first-order chi connectivity index (χ1) is 11.7. The number of nitriles is 1. The maximum absolute atomic E-state index is 10.8. The molecule has 1 aliphatic rings. The van der Waals surface area contributed by atoms with E-state index < -0.39 is 6.09 Å². The van der Waals surface area contributed by atoms with Gasteiger partial charge in [-0.2, -0.15) is 5.26 Å². The number of carbonyl (C=O) groups is 1. The number of piperidine rings is 1. The van der Waals surface area contributed by atoms with E-state index in [9.17, 15) is 10.1 Å². The Morgan fingerprint density at radius 1 is 1.50 bits per heavy atom. The molecule has 3 heterocycles. The Morgan fingerprint density at radius 3 is 3.08 bits per heavy atom. The third-order valence-corrected chi connectivity index (χ3v) is 4.68. The quantitative estimate of drug-likeness (QED) is 0.780. The van der Waals surface area contributed by atoms with Gasteiger partial charge in [0.05, 0.1) is 0 Å². The Kier molecular flexibility index (Phi) is 4.77. The Morgan fingerprint density at radius 2 is 2.38 bits per heavy atom. The average molecular weight is 344 g/mol. The van der Waals surface area contributed by atoms with Crippen molar-refractivity contribution in [2.45, 2.75) is 18.9 Å². The summed E-state index contributed by atoms with van der Waals surface area (Å²) in [6, 6.07) is 7.45. The van der Waals surface area contributed by atoms with E-state index >= 15 is 0 Å². The van der Waals surface area contributed by atoms with Crippen LogP contribution in [0, 0.1) is 11.3 Å². The van der Waals surface area contributed by atoms with Crippen molar-refractivity contribution in [2.24, 2.45) is 0 Å². The average Bonchev–Trinajstić information content (AvgIpc) is 2.98. The number of nitrogens with one attached hydrogen (secondary N) is 2. The molecule has 0 unspecified atom stereocenters. The van der Waals surface area contributed by atoms with Gasteiger partial charge in [0.1, 0.15) is 16.9 Å². The molecule has 24 heavy (non-hydrogen) atoms. The molecule has 0 bridgehead atoms. The fourth-order valence-electron chi connectivity index (χ4n) is 2.60. The largest absolute Gasteiger partial charge is 0.465 e. The second-order valence-electron chi connectivity index (χ2n) is 5.36. The molecule has 0 radical (unpaired) electrons. The highest BCUT2D eigenvalue weighted by atomic mass is 32.1. The molecular formula is C15H16N6O2S. The molecule has 2 aromatic rings. The summed E-state index contributed by atoms with van der Waals surface area (Å²) in [4.78, 5) is 21.4. The van der Waals surface area contributed by atoms with Gasteiger partial charge in [-0.25, -0.2) is 14.8 Å². The summed E-state index contributed by atoms with van der Waals surface area (Å²) in [6.07, 6.45) is 2.33. The van der Waals surface area contributed by atoms with Crippen LogP contribution in [0.25, 0.3) is 0 Å². The van der Waals surface area contributed by atoms with Crippen LogP contribution in [-0.4, -0.2) is 40.3 Å². The van der Waals surface area contributed by atoms with Gasteiger partial charge in [-0.05, 0) is 25.0 Å². The van der Waals surface area contributed by atoms with E-state index in [1.807, 2.05) is 23.1 Å². The summed E-state index contributed by atoms with van der Waals surface area (Å²) >= 11 is 1.37. The smallest absolute Gasteiger partial charge is 0.404 e. The van der Waals surface area contributed by atoms with Crippen LogP contribution in [0.5, 0.6) is 0 Å². The Labute approximate surface area is 142 Å². The van der Waals surface area contributed by atoms with Crippen molar-refractivity contribution < 1.29 is 9.90 Å². The van der Waals surface area contributed by atoms with Crippen LogP contribution in [0.2, 0.25) is 0 Å². The Balaban J connectivity index is 1.77. The molecule has 1 saturated heterocycles. The molecule has 3 N–H and O–H groups in total. The number of hydrogen-bond acceptors (Lipinski definition) is 7. The molecule has 9 heteroatoms. The Bertz CT molecular complexity index is 757. The van der Waals surface area contributed by atoms with Crippen molar-refractivity contribution in [1.29, 1.82) is 5.26 Å². The minimum atomic E-state index is -1.02. The van der Waals surface area contributed by atoms with E-state index in [-0.39, 0.29) is 6.04 Å². The number of pyridine rings is 1. The highest BCUT2D eigenvalue weighted by Crippen LogP contribution is 2.33. The zero-order valence-corrected chi connectivity index (χ0v) is 13.6. The molecule has 3 rings (SSSR count). The topological polar surface area (TPSA) is 114 Å². The van der Waals surface area contributed by atoms with Gasteiger partial charge in [0.2, 0.25) is 0 Å². The summed E-state index contributed by atoms with van der Waals surface area (Å²) in [5.74, 6) is 0.647. The van der Waals surface area contributed by atoms with Crippen LogP contribution in [0.4, 0.5) is 20.7 Å². The summed E-state index contributed by atoms with van der Waals surface area (Å²) in [6.45, 7) is 1.34. The molecule has 1 fully saturated rings. The maximum Gasteiger partial charge on any atom is 0.404 e. The number of hydrogen-bond donors (Lipinski definition) is 3. The summed E-state index contributed by atoms with van der Waals surface area (Å²) < 4.78 is 0. The van der Waals surface area contributed by atoms with Crippen molar-refractivity contribution in [3.8, 4) is 6.07 Å². The molecule has 0 spiro atoms. The highest BCUT2D eigenvalue weighted by Gasteiger charge is 2.24. The normalized spacial score (nSPS) is 17.1. The van der Waals surface area contributed by atoms with Crippen molar-refractivity contribution in [2.75, 3.05) is 23.3 Å². The van der Waals surface area contributed by atoms with Crippen molar-refractivity contribution >= 4 is 33.4 Å². The Hall–Kier alpha value is -2.86. The number of nitrogens with zero attached hydrogens (tertiary/aromatic N) is 4. The number of amides is 1. The van der Waals surface area contributed by atoms with Gasteiger partial charge in [-0.1, -0.05) is 17.4 Å². The molecule has 0 aliphatic carbocycles. The highest BCUT2D eigenvalue weighted by molar-refractivity contribution is 7.19. The third-order valence-electron chi connectivity index (χ3n) is 3.65. The minimum absolute atomic E-state index is 0.127. The van der Waals surface area contributed by atoms with E-state index in [4.69, 9.17) is 5.11 Å². The first-order valence-corrected chi connectivity index (χ1v) is 8.31. The SMILES string of the molecule is N#Cc1nc(N2CCC[C@@H](NC(=O)O)C2)sc1Nc1ccccn1. The zero-order chi connectivity index (χ0) is 16.9. The lowest BCUT2D eigenvalue weighted by molar-refractivity contribution is 0.188. The van der Waals surface area contributed by atoms with Crippen LogP contribution in [0.3, 0.4) is 0 Å². The predicted molar refractivity (Wildman–Crippen MR) is 90.7 cm³/mol. The van der Waals surface area contributed by atoms with Crippen LogP contribution in [-0.2, 0) is 0 Å². The number of aromatic nitrogens is 2. The van der Waals surface area contributed by atoms with Gasteiger partial charge in [-0.3, -0.25) is 0 Å². The number of thiazole rings is 1. The van der Waals surface area contributed by atoms with E-state index in [1.54, 1.807) is 6.20 Å². The molecule has 1 atom stereocenters. The first-order valence-electron chi connectivity index (χ1n) is 7.49. The molecule has 124 valence electrons. The summed E-state index contributed by atoms with van der Waals surface area (Å²) in [5, 5.41) is 25.2. The molecule has 8 nitrogen and oxygen atoms in total. The monoisotopic (exact) mass is 344 g/mol. The fourth-order valence-corrected chi connectivity index (χ4v) is 3.56. The standard InChI is InChI=1S/C15H16N6O2S/c16-8-11-13(20-12-5-1-2-6-17-12)24-14(19-11)21-7-3-4-10(9-21)18-15(22)23/h1-2,5-6,10,18H,3-4,7,9H2,(H,17,20)(H,22,23)/t10-/m1/s1. The van der Waals surface area contributed by atoms with Gasteiger partial charge < -0.3 is 20.6 Å². The fraction of sp³-hybridized carbons (Fsp3) is 0.333. The molecule has 1 amide bonds. The van der Waals surface area contributed by atoms with Gasteiger partial charge in [0.25, 0.3) is 0 Å². The van der Waals surface area contributed by atoms with Gasteiger partial charge in [0, 0.05) is 25.3 Å². The second kappa shape index (κ2) is 7.14. The van der Waals surface area contributed by atoms with Crippen LogP contribution in [0.1, 0.15) is 18.5 Å². The van der Waals surface area contributed by atoms with Crippen molar-refractivity contribution in [3.63, 3.8) is 0 Å². The number of rotatable bonds is 4. The van der Waals surface area contributed by atoms with Crippen molar-refractivity contribution in [3.05, 3.63) is 30.1 Å². The molecule has 2 aromatic heterocycles. The molecule has 0 saturated carbocycles. The molecule has 0 aromatic carbocycles. The van der Waals surface area contributed by atoms with Crippen LogP contribution in [0.15, 0.2) is 24.4 Å².